The van der Waals surface area contributed by atoms with Crippen molar-refractivity contribution in [3.63, 3.8) is 0 Å². The van der Waals surface area contributed by atoms with Gasteiger partial charge in [0.15, 0.2) is 0 Å². The van der Waals surface area contributed by atoms with Crippen LogP contribution in [-0.2, 0) is 4.74 Å². The zero-order valence-corrected chi connectivity index (χ0v) is 5.13. The zero-order valence-electron chi connectivity index (χ0n) is 5.13. The fraction of sp³-hybridized carbons (Fsp3) is 0.571. The standard InChI is InChI=1S/C7H11O/c1-8-6-7-4-2-3-5-7/h2-4,7H,5-6H2,1H3. The van der Waals surface area contributed by atoms with Gasteiger partial charge >= 0.3 is 0 Å². The van der Waals surface area contributed by atoms with E-state index in [0.717, 1.165) is 13.0 Å². The van der Waals surface area contributed by atoms with E-state index in [4.69, 9.17) is 4.74 Å². The summed E-state index contributed by atoms with van der Waals surface area (Å²) in [5.74, 6) is 0.653. The Morgan fingerprint density at radius 3 is 3.12 bits per heavy atom. The van der Waals surface area contributed by atoms with E-state index in [9.17, 15) is 0 Å². The summed E-state index contributed by atoms with van der Waals surface area (Å²) in [5.41, 5.74) is 0. The number of rotatable bonds is 2. The Kier molecular flexibility index (Phi) is 2.10. The highest BCUT2D eigenvalue weighted by molar-refractivity contribution is 5.07. The molecule has 0 fully saturated rings. The molecule has 1 aliphatic rings. The number of ether oxygens (including phenoxy) is 1. The van der Waals surface area contributed by atoms with Crippen LogP contribution < -0.4 is 0 Å². The smallest absolute Gasteiger partial charge is 0.0499 e. The molecule has 0 spiro atoms. The average Bonchev–Trinajstić information content (AvgIpc) is 2.19. The highest BCUT2D eigenvalue weighted by atomic mass is 16.5. The summed E-state index contributed by atoms with van der Waals surface area (Å²) in [6, 6.07) is 0. The Morgan fingerprint density at radius 2 is 2.62 bits per heavy atom. The quantitative estimate of drug-likeness (QED) is 0.523. The van der Waals surface area contributed by atoms with Crippen molar-refractivity contribution in [3.8, 4) is 0 Å². The van der Waals surface area contributed by atoms with Crippen LogP contribution in [0.25, 0.3) is 0 Å². The van der Waals surface area contributed by atoms with Crippen LogP contribution in [0, 0.1) is 12.3 Å². The summed E-state index contributed by atoms with van der Waals surface area (Å²) in [7, 11) is 1.74. The molecule has 1 aliphatic carbocycles. The molecule has 0 saturated heterocycles. The molecular weight excluding hydrogens is 100 g/mol. The highest BCUT2D eigenvalue weighted by Crippen LogP contribution is 2.15. The Balaban J connectivity index is 2.10. The monoisotopic (exact) mass is 111 g/mol. The summed E-state index contributed by atoms with van der Waals surface area (Å²) in [4.78, 5) is 0. The number of allylic oxidation sites excluding steroid dienone is 2. The van der Waals surface area contributed by atoms with Crippen LogP contribution in [0.5, 0.6) is 0 Å². The lowest BCUT2D eigenvalue weighted by atomic mass is 10.1. The lowest BCUT2D eigenvalue weighted by Crippen LogP contribution is -2.02. The summed E-state index contributed by atoms with van der Waals surface area (Å²) >= 11 is 0. The Hall–Kier alpha value is -0.300. The van der Waals surface area contributed by atoms with Crippen molar-refractivity contribution in [1.29, 1.82) is 0 Å². The van der Waals surface area contributed by atoms with Gasteiger partial charge in [-0.2, -0.15) is 0 Å². The van der Waals surface area contributed by atoms with Crippen LogP contribution in [0.4, 0.5) is 0 Å². The molecule has 0 heterocycles. The maximum absolute atomic E-state index is 4.95. The minimum Gasteiger partial charge on any atom is -0.384 e. The van der Waals surface area contributed by atoms with Crippen LogP contribution in [0.1, 0.15) is 6.42 Å². The largest absolute Gasteiger partial charge is 0.384 e. The first-order valence-corrected chi connectivity index (χ1v) is 2.92. The van der Waals surface area contributed by atoms with Gasteiger partial charge in [-0.1, -0.05) is 12.2 Å². The van der Waals surface area contributed by atoms with E-state index in [1.165, 1.54) is 0 Å². The first-order chi connectivity index (χ1) is 3.93. The van der Waals surface area contributed by atoms with Gasteiger partial charge in [0.2, 0.25) is 0 Å². The summed E-state index contributed by atoms with van der Waals surface area (Å²) in [6.45, 7) is 0.868. The molecule has 1 unspecified atom stereocenters. The topological polar surface area (TPSA) is 9.23 Å². The van der Waals surface area contributed by atoms with Crippen LogP contribution >= 0.6 is 0 Å². The second kappa shape index (κ2) is 2.88. The van der Waals surface area contributed by atoms with Gasteiger partial charge in [0.25, 0.3) is 0 Å². The van der Waals surface area contributed by atoms with Gasteiger partial charge in [0.05, 0.1) is 0 Å². The van der Waals surface area contributed by atoms with Crippen molar-refractivity contribution in [2.24, 2.45) is 5.92 Å². The third kappa shape index (κ3) is 1.34. The second-order valence-electron chi connectivity index (χ2n) is 2.07. The van der Waals surface area contributed by atoms with Crippen molar-refractivity contribution in [1.82, 2.24) is 0 Å². The van der Waals surface area contributed by atoms with E-state index in [1.807, 2.05) is 0 Å². The minimum absolute atomic E-state index is 0.653. The SMILES string of the molecule is COCC1[CH]C=CC1. The summed E-state index contributed by atoms with van der Waals surface area (Å²) in [5, 5.41) is 0. The third-order valence-corrected chi connectivity index (χ3v) is 1.34. The van der Waals surface area contributed by atoms with Crippen molar-refractivity contribution < 1.29 is 4.74 Å². The van der Waals surface area contributed by atoms with Gasteiger partial charge in [0, 0.05) is 13.7 Å². The molecule has 1 rings (SSSR count). The number of methoxy groups -OCH3 is 1. The van der Waals surface area contributed by atoms with E-state index in [-0.39, 0.29) is 0 Å². The molecule has 1 heteroatoms. The van der Waals surface area contributed by atoms with Gasteiger partial charge in [-0.05, 0) is 18.8 Å². The average molecular weight is 111 g/mol. The van der Waals surface area contributed by atoms with Gasteiger partial charge in [-0.3, -0.25) is 0 Å². The Morgan fingerprint density at radius 1 is 1.75 bits per heavy atom. The van der Waals surface area contributed by atoms with Gasteiger partial charge in [-0.15, -0.1) is 0 Å². The van der Waals surface area contributed by atoms with Gasteiger partial charge < -0.3 is 4.74 Å². The van der Waals surface area contributed by atoms with Gasteiger partial charge in [0.1, 0.15) is 0 Å². The predicted octanol–water partition coefficient (Wildman–Crippen LogP) is 1.41. The van der Waals surface area contributed by atoms with E-state index >= 15 is 0 Å². The van der Waals surface area contributed by atoms with Crippen LogP contribution in [0.2, 0.25) is 0 Å². The summed E-state index contributed by atoms with van der Waals surface area (Å²) < 4.78 is 4.95. The highest BCUT2D eigenvalue weighted by Gasteiger charge is 2.08. The first kappa shape index (κ1) is 5.83. The second-order valence-corrected chi connectivity index (χ2v) is 2.07. The van der Waals surface area contributed by atoms with E-state index in [0.29, 0.717) is 5.92 Å². The molecule has 45 valence electrons. The first-order valence-electron chi connectivity index (χ1n) is 2.92. The fourth-order valence-corrected chi connectivity index (χ4v) is 0.905. The minimum atomic E-state index is 0.653. The van der Waals surface area contributed by atoms with Crippen molar-refractivity contribution >= 4 is 0 Å². The normalized spacial score (nSPS) is 20.1. The molecule has 8 heavy (non-hydrogen) atoms. The molecule has 0 N–H and O–H groups in total. The van der Waals surface area contributed by atoms with E-state index in [1.54, 1.807) is 7.11 Å². The van der Waals surface area contributed by atoms with Crippen molar-refractivity contribution in [2.45, 2.75) is 6.42 Å². The molecule has 0 amide bonds. The summed E-state index contributed by atoms with van der Waals surface area (Å²) in [6.07, 6.45) is 7.62. The van der Waals surface area contributed by atoms with Crippen LogP contribution in [-0.4, -0.2) is 13.7 Å². The zero-order chi connectivity index (χ0) is 5.82. The van der Waals surface area contributed by atoms with Gasteiger partial charge in [-0.25, -0.2) is 0 Å². The number of hydrogen-bond donors (Lipinski definition) is 0. The Labute approximate surface area is 50.3 Å². The molecule has 0 aromatic heterocycles. The molecule has 1 atom stereocenters. The predicted molar refractivity (Wildman–Crippen MR) is 33.4 cm³/mol. The molecule has 0 aromatic rings. The van der Waals surface area contributed by atoms with E-state index in [2.05, 4.69) is 18.6 Å². The van der Waals surface area contributed by atoms with Crippen molar-refractivity contribution in [3.05, 3.63) is 18.6 Å². The molecule has 1 radical (unpaired) electrons. The number of hydrogen-bond acceptors (Lipinski definition) is 1. The van der Waals surface area contributed by atoms with Crippen molar-refractivity contribution in [2.75, 3.05) is 13.7 Å². The molecule has 0 bridgehead atoms. The molecular formula is C7H11O. The van der Waals surface area contributed by atoms with E-state index < -0.39 is 0 Å². The molecule has 0 aromatic carbocycles. The lowest BCUT2D eigenvalue weighted by Gasteiger charge is -2.04. The fourth-order valence-electron chi connectivity index (χ4n) is 0.905. The van der Waals surface area contributed by atoms with Crippen LogP contribution in [0.15, 0.2) is 12.2 Å². The lowest BCUT2D eigenvalue weighted by molar-refractivity contribution is 0.169. The Bertz CT molecular complexity index is 78.4. The molecule has 1 nitrogen and oxygen atoms in total. The maximum atomic E-state index is 4.95. The maximum Gasteiger partial charge on any atom is 0.0499 e. The van der Waals surface area contributed by atoms with Crippen LogP contribution in [0.3, 0.4) is 0 Å². The molecule has 0 saturated carbocycles. The third-order valence-electron chi connectivity index (χ3n) is 1.34. The molecule has 0 aliphatic heterocycles.